The maximum atomic E-state index is 8.72. The molecule has 0 radical (unpaired) electrons. The van der Waals surface area contributed by atoms with Gasteiger partial charge in [-0.2, -0.15) is 5.26 Å². The molecule has 0 aromatic rings. The first-order valence-corrected chi connectivity index (χ1v) is 6.11. The summed E-state index contributed by atoms with van der Waals surface area (Å²) < 4.78 is 0. The van der Waals surface area contributed by atoms with Crippen LogP contribution in [0.25, 0.3) is 0 Å². The Labute approximate surface area is 94.1 Å². The first kappa shape index (κ1) is 12.5. The lowest BCUT2D eigenvalue weighted by Gasteiger charge is -2.23. The summed E-state index contributed by atoms with van der Waals surface area (Å²) in [7, 11) is 0. The molecule has 1 saturated carbocycles. The van der Waals surface area contributed by atoms with Crippen molar-refractivity contribution >= 4 is 0 Å². The first-order valence-electron chi connectivity index (χ1n) is 6.11. The molecule has 0 aromatic carbocycles. The third kappa shape index (κ3) is 3.50. The normalized spacial score (nSPS) is 31.1. The van der Waals surface area contributed by atoms with Crippen LogP contribution >= 0.6 is 0 Å². The van der Waals surface area contributed by atoms with Gasteiger partial charge >= 0.3 is 0 Å². The molecule has 1 aliphatic rings. The standard InChI is InChI=1S/C13H24N2/c1-5-11(6-7-14)15-12-9-13(3,4)8-10(12)2/h10-12,15H,5-6,8-9H2,1-4H3. The van der Waals surface area contributed by atoms with Crippen molar-refractivity contribution in [2.24, 2.45) is 11.3 Å². The lowest BCUT2D eigenvalue weighted by atomic mass is 9.91. The van der Waals surface area contributed by atoms with E-state index in [2.05, 4.69) is 39.1 Å². The largest absolute Gasteiger partial charge is 0.310 e. The summed E-state index contributed by atoms with van der Waals surface area (Å²) in [5.74, 6) is 0.743. The molecular formula is C13H24N2. The lowest BCUT2D eigenvalue weighted by Crippen LogP contribution is -2.39. The predicted octanol–water partition coefficient (Wildman–Crippen LogP) is 3.09. The number of hydrogen-bond donors (Lipinski definition) is 1. The van der Waals surface area contributed by atoms with Gasteiger partial charge in [0.25, 0.3) is 0 Å². The number of nitrogens with one attached hydrogen (secondary N) is 1. The summed E-state index contributed by atoms with van der Waals surface area (Å²) in [6.45, 7) is 9.16. The van der Waals surface area contributed by atoms with Gasteiger partial charge in [-0.1, -0.05) is 27.7 Å². The van der Waals surface area contributed by atoms with Crippen LogP contribution in [-0.4, -0.2) is 12.1 Å². The summed E-state index contributed by atoms with van der Waals surface area (Å²) in [5.41, 5.74) is 0.474. The van der Waals surface area contributed by atoms with E-state index >= 15 is 0 Å². The zero-order valence-electron chi connectivity index (χ0n) is 10.5. The van der Waals surface area contributed by atoms with Crippen molar-refractivity contribution in [3.05, 3.63) is 0 Å². The highest BCUT2D eigenvalue weighted by molar-refractivity contribution is 4.93. The van der Waals surface area contributed by atoms with E-state index in [1.807, 2.05) is 0 Å². The average molecular weight is 208 g/mol. The molecule has 86 valence electrons. The fourth-order valence-electron chi connectivity index (χ4n) is 2.85. The van der Waals surface area contributed by atoms with Crippen LogP contribution in [0.1, 0.15) is 53.4 Å². The summed E-state index contributed by atoms with van der Waals surface area (Å²) in [5, 5.41) is 12.4. The van der Waals surface area contributed by atoms with Crippen molar-refractivity contribution in [2.45, 2.75) is 65.5 Å². The van der Waals surface area contributed by atoms with E-state index < -0.39 is 0 Å². The van der Waals surface area contributed by atoms with Gasteiger partial charge in [-0.25, -0.2) is 0 Å². The fraction of sp³-hybridized carbons (Fsp3) is 0.923. The molecule has 0 spiro atoms. The van der Waals surface area contributed by atoms with Crippen molar-refractivity contribution in [1.29, 1.82) is 5.26 Å². The highest BCUT2D eigenvalue weighted by atomic mass is 15.0. The molecule has 1 N–H and O–H groups in total. The highest BCUT2D eigenvalue weighted by Crippen LogP contribution is 2.41. The molecule has 0 aliphatic heterocycles. The van der Waals surface area contributed by atoms with Gasteiger partial charge in [-0.3, -0.25) is 0 Å². The quantitative estimate of drug-likeness (QED) is 0.770. The van der Waals surface area contributed by atoms with Crippen LogP contribution < -0.4 is 5.32 Å². The Kier molecular flexibility index (Phi) is 4.16. The smallest absolute Gasteiger partial charge is 0.0638 e. The van der Waals surface area contributed by atoms with Gasteiger partial charge in [0.1, 0.15) is 0 Å². The molecule has 0 bridgehead atoms. The van der Waals surface area contributed by atoms with Gasteiger partial charge in [-0.05, 0) is 30.6 Å². The van der Waals surface area contributed by atoms with Gasteiger partial charge in [0.05, 0.1) is 12.5 Å². The van der Waals surface area contributed by atoms with E-state index in [1.54, 1.807) is 0 Å². The monoisotopic (exact) mass is 208 g/mol. The molecule has 2 heteroatoms. The van der Waals surface area contributed by atoms with E-state index in [4.69, 9.17) is 5.26 Å². The lowest BCUT2D eigenvalue weighted by molar-refractivity contribution is 0.348. The molecule has 0 heterocycles. The van der Waals surface area contributed by atoms with Crippen molar-refractivity contribution < 1.29 is 0 Å². The van der Waals surface area contributed by atoms with Crippen molar-refractivity contribution in [1.82, 2.24) is 5.32 Å². The average Bonchev–Trinajstić information content (AvgIpc) is 2.39. The molecule has 3 unspecified atom stereocenters. The Morgan fingerprint density at radius 3 is 2.53 bits per heavy atom. The summed E-state index contributed by atoms with van der Waals surface area (Å²) in [6, 6.07) is 3.26. The van der Waals surface area contributed by atoms with Crippen molar-refractivity contribution in [3.8, 4) is 6.07 Å². The molecule has 1 rings (SSSR count). The zero-order chi connectivity index (χ0) is 11.5. The summed E-state index contributed by atoms with van der Waals surface area (Å²) in [4.78, 5) is 0. The predicted molar refractivity (Wildman–Crippen MR) is 63.4 cm³/mol. The van der Waals surface area contributed by atoms with Gasteiger partial charge in [0, 0.05) is 12.1 Å². The number of hydrogen-bond acceptors (Lipinski definition) is 2. The summed E-state index contributed by atoms with van der Waals surface area (Å²) >= 11 is 0. The third-order valence-electron chi connectivity index (χ3n) is 3.61. The van der Waals surface area contributed by atoms with E-state index in [0.29, 0.717) is 23.9 Å². The van der Waals surface area contributed by atoms with E-state index in [-0.39, 0.29) is 0 Å². The summed E-state index contributed by atoms with van der Waals surface area (Å²) in [6.07, 6.45) is 4.24. The molecule has 0 saturated heterocycles. The topological polar surface area (TPSA) is 35.8 Å². The van der Waals surface area contributed by atoms with E-state index in [1.165, 1.54) is 12.8 Å². The highest BCUT2D eigenvalue weighted by Gasteiger charge is 2.37. The number of nitrogens with zero attached hydrogens (tertiary/aromatic N) is 1. The van der Waals surface area contributed by atoms with Gasteiger partial charge in [-0.15, -0.1) is 0 Å². The fourth-order valence-corrected chi connectivity index (χ4v) is 2.85. The van der Waals surface area contributed by atoms with Gasteiger partial charge < -0.3 is 5.32 Å². The number of rotatable bonds is 4. The Bertz CT molecular complexity index is 239. The molecular weight excluding hydrogens is 184 g/mol. The molecule has 0 aromatic heterocycles. The van der Waals surface area contributed by atoms with Crippen molar-refractivity contribution in [3.63, 3.8) is 0 Å². The second-order valence-electron chi connectivity index (χ2n) is 5.79. The Hall–Kier alpha value is -0.550. The minimum Gasteiger partial charge on any atom is -0.310 e. The second-order valence-corrected chi connectivity index (χ2v) is 5.79. The SMILES string of the molecule is CCC(CC#N)NC1CC(C)(C)CC1C. The molecule has 1 aliphatic carbocycles. The van der Waals surface area contributed by atoms with Crippen LogP contribution in [0.15, 0.2) is 0 Å². The van der Waals surface area contributed by atoms with Crippen LogP contribution in [0, 0.1) is 22.7 Å². The maximum Gasteiger partial charge on any atom is 0.0638 e. The Morgan fingerprint density at radius 2 is 2.13 bits per heavy atom. The van der Waals surface area contributed by atoms with Crippen LogP contribution in [0.2, 0.25) is 0 Å². The van der Waals surface area contributed by atoms with Crippen LogP contribution in [0.5, 0.6) is 0 Å². The van der Waals surface area contributed by atoms with E-state index in [9.17, 15) is 0 Å². The minimum absolute atomic E-state index is 0.386. The first-order chi connectivity index (χ1) is 6.98. The van der Waals surface area contributed by atoms with Crippen LogP contribution in [-0.2, 0) is 0 Å². The van der Waals surface area contributed by atoms with Gasteiger partial charge in [0.15, 0.2) is 0 Å². The van der Waals surface area contributed by atoms with Crippen LogP contribution in [0.4, 0.5) is 0 Å². The minimum atomic E-state index is 0.386. The zero-order valence-corrected chi connectivity index (χ0v) is 10.5. The molecule has 2 nitrogen and oxygen atoms in total. The second kappa shape index (κ2) is 4.99. The maximum absolute atomic E-state index is 8.72. The third-order valence-corrected chi connectivity index (χ3v) is 3.61. The number of nitriles is 1. The molecule has 1 fully saturated rings. The van der Waals surface area contributed by atoms with Gasteiger partial charge in [0.2, 0.25) is 0 Å². The Morgan fingerprint density at radius 1 is 1.47 bits per heavy atom. The molecule has 3 atom stereocenters. The Balaban J connectivity index is 2.48. The van der Waals surface area contributed by atoms with E-state index in [0.717, 1.165) is 12.3 Å². The van der Waals surface area contributed by atoms with Crippen LogP contribution in [0.3, 0.4) is 0 Å². The molecule has 15 heavy (non-hydrogen) atoms. The van der Waals surface area contributed by atoms with Crippen molar-refractivity contribution in [2.75, 3.05) is 0 Å². The molecule has 0 amide bonds.